The van der Waals surface area contributed by atoms with Crippen LogP contribution in [0.3, 0.4) is 0 Å². The third kappa shape index (κ3) is 1.00. The van der Waals surface area contributed by atoms with Gasteiger partial charge in [0.2, 0.25) is 7.98 Å². The van der Waals surface area contributed by atoms with Crippen LogP contribution in [0.1, 0.15) is 5.56 Å². The molecule has 11 heavy (non-hydrogen) atoms. The molecule has 1 aliphatic rings. The number of fused-ring (bicyclic) bond motifs is 1. The first-order valence-corrected chi connectivity index (χ1v) is 3.55. The zero-order chi connectivity index (χ0) is 7.68. The summed E-state index contributed by atoms with van der Waals surface area (Å²) in [5.41, 5.74) is 1.10. The van der Waals surface area contributed by atoms with E-state index in [9.17, 15) is 0 Å². The molecule has 4 heteroatoms. The Bertz CT molecular complexity index is 297. The Morgan fingerprint density at radius 1 is 1.55 bits per heavy atom. The van der Waals surface area contributed by atoms with E-state index in [4.69, 9.17) is 0 Å². The minimum absolute atomic E-state index is 0.935. The summed E-state index contributed by atoms with van der Waals surface area (Å²) in [6.07, 6.45) is 7.56. The van der Waals surface area contributed by atoms with Gasteiger partial charge >= 0.3 is 0 Å². The molecule has 0 aliphatic carbocycles. The van der Waals surface area contributed by atoms with Crippen molar-refractivity contribution in [1.29, 1.82) is 0 Å². The van der Waals surface area contributed by atoms with Crippen LogP contribution < -0.4 is 4.81 Å². The normalized spacial score (nSPS) is 14.7. The molecule has 0 spiro atoms. The van der Waals surface area contributed by atoms with Gasteiger partial charge in [0.05, 0.1) is 0 Å². The molecular formula is C7H8BN3. The van der Waals surface area contributed by atoms with E-state index >= 15 is 0 Å². The molecule has 1 aromatic heterocycles. The van der Waals surface area contributed by atoms with Crippen molar-refractivity contribution in [2.24, 2.45) is 0 Å². The number of anilines is 1. The standard InChI is InChI=1S/C7H8BN3/c8-11-3-1-2-6-4-9-5-10-7(6)11/h1-2,4-5H,3,8H2. The second-order valence-corrected chi connectivity index (χ2v) is 2.58. The molecule has 0 amide bonds. The van der Waals surface area contributed by atoms with Crippen LogP contribution >= 0.6 is 0 Å². The fourth-order valence-electron chi connectivity index (χ4n) is 1.19. The lowest BCUT2D eigenvalue weighted by molar-refractivity contribution is 1.06. The number of nitrogens with zero attached hydrogens (tertiary/aromatic N) is 3. The molecule has 0 bridgehead atoms. The largest absolute Gasteiger partial charge is 0.403 e. The monoisotopic (exact) mass is 145 g/mol. The summed E-state index contributed by atoms with van der Waals surface area (Å²) in [6, 6.07) is 0. The molecular weight excluding hydrogens is 137 g/mol. The maximum absolute atomic E-state index is 4.16. The van der Waals surface area contributed by atoms with Crippen molar-refractivity contribution >= 4 is 19.9 Å². The topological polar surface area (TPSA) is 29.0 Å². The molecule has 54 valence electrons. The minimum Gasteiger partial charge on any atom is -0.403 e. The summed E-state index contributed by atoms with van der Waals surface area (Å²) in [5.74, 6) is 1.02. The molecule has 0 saturated carbocycles. The lowest BCUT2D eigenvalue weighted by Crippen LogP contribution is -2.23. The van der Waals surface area contributed by atoms with E-state index in [-0.39, 0.29) is 0 Å². The van der Waals surface area contributed by atoms with Crippen molar-refractivity contribution in [3.63, 3.8) is 0 Å². The van der Waals surface area contributed by atoms with Crippen molar-refractivity contribution in [1.82, 2.24) is 9.97 Å². The van der Waals surface area contributed by atoms with Crippen molar-refractivity contribution in [3.8, 4) is 0 Å². The maximum atomic E-state index is 4.16. The van der Waals surface area contributed by atoms with Gasteiger partial charge in [0.15, 0.2) is 0 Å². The Morgan fingerprint density at radius 3 is 3.27 bits per heavy atom. The second-order valence-electron chi connectivity index (χ2n) is 2.58. The molecule has 0 fully saturated rings. The first-order valence-electron chi connectivity index (χ1n) is 3.55. The molecule has 2 heterocycles. The Kier molecular flexibility index (Phi) is 1.38. The smallest absolute Gasteiger partial charge is 0.219 e. The summed E-state index contributed by atoms with van der Waals surface area (Å²) in [7, 11) is 2.02. The Morgan fingerprint density at radius 2 is 2.45 bits per heavy atom. The van der Waals surface area contributed by atoms with E-state index in [2.05, 4.69) is 26.9 Å². The Balaban J connectivity index is 2.54. The minimum atomic E-state index is 0.935. The summed E-state index contributed by atoms with van der Waals surface area (Å²) in [4.78, 5) is 10.2. The second kappa shape index (κ2) is 2.38. The molecule has 1 aliphatic heterocycles. The van der Waals surface area contributed by atoms with Crippen LogP contribution in [0.15, 0.2) is 18.6 Å². The summed E-state index contributed by atoms with van der Waals surface area (Å²) in [5, 5.41) is 0. The zero-order valence-corrected chi connectivity index (χ0v) is 6.36. The van der Waals surface area contributed by atoms with Crippen LogP contribution in [0.25, 0.3) is 6.08 Å². The van der Waals surface area contributed by atoms with E-state index in [1.54, 1.807) is 6.33 Å². The van der Waals surface area contributed by atoms with E-state index in [1.165, 1.54) is 0 Å². The molecule has 1 aromatic rings. The van der Waals surface area contributed by atoms with Gasteiger partial charge in [-0.3, -0.25) is 0 Å². The molecule has 2 rings (SSSR count). The first-order chi connectivity index (χ1) is 5.38. The molecule has 0 radical (unpaired) electrons. The summed E-state index contributed by atoms with van der Waals surface area (Å²) >= 11 is 0. The van der Waals surface area contributed by atoms with Crippen molar-refractivity contribution in [3.05, 3.63) is 24.2 Å². The van der Waals surface area contributed by atoms with Gasteiger partial charge in [-0.2, -0.15) is 0 Å². The third-order valence-electron chi connectivity index (χ3n) is 1.76. The quantitative estimate of drug-likeness (QED) is 0.475. The lowest BCUT2D eigenvalue weighted by atomic mass is 10.1. The average Bonchev–Trinajstić information content (AvgIpc) is 2.06. The van der Waals surface area contributed by atoms with Gasteiger partial charge in [-0.25, -0.2) is 9.97 Å². The van der Waals surface area contributed by atoms with Crippen molar-refractivity contribution in [2.75, 3.05) is 11.4 Å². The molecule has 0 N–H and O–H groups in total. The van der Waals surface area contributed by atoms with Crippen molar-refractivity contribution in [2.45, 2.75) is 0 Å². The van der Waals surface area contributed by atoms with Crippen LogP contribution in [0.2, 0.25) is 0 Å². The van der Waals surface area contributed by atoms with E-state index in [0.29, 0.717) is 0 Å². The van der Waals surface area contributed by atoms with Crippen LogP contribution in [0.4, 0.5) is 5.82 Å². The highest BCUT2D eigenvalue weighted by Crippen LogP contribution is 2.18. The molecule has 0 aromatic carbocycles. The summed E-state index contributed by atoms with van der Waals surface area (Å²) < 4.78 is 0. The highest BCUT2D eigenvalue weighted by atomic mass is 15.1. The predicted molar refractivity (Wildman–Crippen MR) is 47.0 cm³/mol. The molecule has 3 nitrogen and oxygen atoms in total. The zero-order valence-electron chi connectivity index (χ0n) is 6.36. The molecule has 0 atom stereocenters. The van der Waals surface area contributed by atoms with Crippen molar-refractivity contribution < 1.29 is 0 Å². The fourth-order valence-corrected chi connectivity index (χ4v) is 1.19. The molecule has 0 unspecified atom stereocenters. The maximum Gasteiger partial charge on any atom is 0.219 e. The number of hydrogen-bond donors (Lipinski definition) is 0. The van der Waals surface area contributed by atoms with Gasteiger partial charge < -0.3 is 4.81 Å². The van der Waals surface area contributed by atoms with E-state index in [1.807, 2.05) is 14.2 Å². The van der Waals surface area contributed by atoms with Crippen LogP contribution in [-0.4, -0.2) is 24.5 Å². The highest BCUT2D eigenvalue weighted by Gasteiger charge is 2.08. The third-order valence-corrected chi connectivity index (χ3v) is 1.76. The van der Waals surface area contributed by atoms with Crippen LogP contribution in [0.5, 0.6) is 0 Å². The van der Waals surface area contributed by atoms with Gasteiger partial charge in [0.25, 0.3) is 0 Å². The first kappa shape index (κ1) is 6.40. The van der Waals surface area contributed by atoms with Gasteiger partial charge in [-0.05, 0) is 0 Å². The number of rotatable bonds is 0. The number of hydrogen-bond acceptors (Lipinski definition) is 3. The number of aromatic nitrogens is 2. The van der Waals surface area contributed by atoms with Gasteiger partial charge in [-0.15, -0.1) is 0 Å². The Hall–Kier alpha value is -1.32. The van der Waals surface area contributed by atoms with Gasteiger partial charge in [0.1, 0.15) is 12.1 Å². The average molecular weight is 145 g/mol. The van der Waals surface area contributed by atoms with Gasteiger partial charge in [-0.1, -0.05) is 12.2 Å². The predicted octanol–water partition coefficient (Wildman–Crippen LogP) is -0.142. The van der Waals surface area contributed by atoms with E-state index < -0.39 is 0 Å². The van der Waals surface area contributed by atoms with Gasteiger partial charge in [0, 0.05) is 18.3 Å². The molecule has 0 saturated heterocycles. The van der Waals surface area contributed by atoms with E-state index in [0.717, 1.165) is 17.9 Å². The SMILES string of the molecule is BN1CC=Cc2cncnc21. The fraction of sp³-hybridized carbons (Fsp3) is 0.143. The highest BCUT2D eigenvalue weighted by molar-refractivity contribution is 6.18. The lowest BCUT2D eigenvalue weighted by Gasteiger charge is -2.21. The Labute approximate surface area is 66.2 Å². The summed E-state index contributed by atoms with van der Waals surface area (Å²) in [6.45, 7) is 0.935. The van der Waals surface area contributed by atoms with Crippen LogP contribution in [-0.2, 0) is 0 Å². The van der Waals surface area contributed by atoms with Crippen LogP contribution in [0, 0.1) is 0 Å².